The third kappa shape index (κ3) is 4.13. The number of carbonyl (C=O) groups excluding carboxylic acids is 1. The maximum atomic E-state index is 11.5. The minimum atomic E-state index is -0.0330. The zero-order chi connectivity index (χ0) is 14.4. The first-order valence-electron chi connectivity index (χ1n) is 7.56. The summed E-state index contributed by atoms with van der Waals surface area (Å²) in [6, 6.07) is 0. The van der Waals surface area contributed by atoms with Crippen molar-refractivity contribution in [3.05, 3.63) is 11.7 Å². The summed E-state index contributed by atoms with van der Waals surface area (Å²) in [5.41, 5.74) is 0. The number of hydrogen-bond donors (Lipinski definition) is 0. The SMILES string of the molecule is CCCC1CCC(c2noc(CC(=O)COC)n2)CC1. The lowest BCUT2D eigenvalue weighted by molar-refractivity contribution is -0.122. The van der Waals surface area contributed by atoms with Crippen LogP contribution in [0, 0.1) is 5.92 Å². The van der Waals surface area contributed by atoms with E-state index in [2.05, 4.69) is 17.1 Å². The summed E-state index contributed by atoms with van der Waals surface area (Å²) in [7, 11) is 1.51. The van der Waals surface area contributed by atoms with Crippen LogP contribution in [-0.4, -0.2) is 29.6 Å². The minimum absolute atomic E-state index is 0.0330. The van der Waals surface area contributed by atoms with Gasteiger partial charge in [0.1, 0.15) is 6.61 Å². The van der Waals surface area contributed by atoms with Gasteiger partial charge in [0, 0.05) is 13.0 Å². The average Bonchev–Trinajstić information content (AvgIpc) is 2.88. The number of aromatic nitrogens is 2. The monoisotopic (exact) mass is 280 g/mol. The molecule has 0 unspecified atom stereocenters. The van der Waals surface area contributed by atoms with Gasteiger partial charge in [0.15, 0.2) is 11.6 Å². The summed E-state index contributed by atoms with van der Waals surface area (Å²) in [5.74, 6) is 2.43. The van der Waals surface area contributed by atoms with Crippen molar-refractivity contribution < 1.29 is 14.1 Å². The van der Waals surface area contributed by atoms with Gasteiger partial charge in [-0.1, -0.05) is 24.9 Å². The molecule has 5 nitrogen and oxygen atoms in total. The molecule has 0 atom stereocenters. The van der Waals surface area contributed by atoms with Crippen molar-refractivity contribution in [2.24, 2.45) is 5.92 Å². The lowest BCUT2D eigenvalue weighted by atomic mass is 9.80. The van der Waals surface area contributed by atoms with E-state index in [9.17, 15) is 4.79 Å². The average molecular weight is 280 g/mol. The third-order valence-corrected chi connectivity index (χ3v) is 4.05. The Kier molecular flexibility index (Phi) is 5.71. The molecule has 0 amide bonds. The summed E-state index contributed by atoms with van der Waals surface area (Å²) < 4.78 is 9.97. The molecule has 1 aliphatic carbocycles. The van der Waals surface area contributed by atoms with Crippen LogP contribution in [0.15, 0.2) is 4.52 Å². The molecule has 1 aliphatic rings. The molecule has 5 heteroatoms. The number of Topliss-reactive ketones (excluding diaryl/α,β-unsaturated/α-hetero) is 1. The Morgan fingerprint density at radius 2 is 2.10 bits per heavy atom. The number of nitrogens with zero attached hydrogens (tertiary/aromatic N) is 2. The Bertz CT molecular complexity index is 423. The van der Waals surface area contributed by atoms with E-state index in [0.717, 1.165) is 24.6 Å². The second-order valence-corrected chi connectivity index (χ2v) is 5.70. The molecule has 0 aromatic carbocycles. The van der Waals surface area contributed by atoms with Gasteiger partial charge < -0.3 is 9.26 Å². The van der Waals surface area contributed by atoms with Gasteiger partial charge in [-0.05, 0) is 31.6 Å². The first kappa shape index (κ1) is 15.2. The fourth-order valence-corrected chi connectivity index (χ4v) is 3.00. The van der Waals surface area contributed by atoms with Gasteiger partial charge >= 0.3 is 0 Å². The van der Waals surface area contributed by atoms with Crippen molar-refractivity contribution in [2.45, 2.75) is 57.8 Å². The summed E-state index contributed by atoms with van der Waals surface area (Å²) in [6.07, 6.45) is 7.55. The Morgan fingerprint density at radius 3 is 2.75 bits per heavy atom. The molecule has 0 bridgehead atoms. The van der Waals surface area contributed by atoms with Gasteiger partial charge in [0.05, 0.1) is 6.42 Å². The van der Waals surface area contributed by atoms with Crippen LogP contribution in [0.5, 0.6) is 0 Å². The summed E-state index contributed by atoms with van der Waals surface area (Å²) in [4.78, 5) is 15.8. The summed E-state index contributed by atoms with van der Waals surface area (Å²) in [6.45, 7) is 2.34. The van der Waals surface area contributed by atoms with Crippen molar-refractivity contribution in [1.82, 2.24) is 10.1 Å². The Labute approximate surface area is 120 Å². The van der Waals surface area contributed by atoms with Gasteiger partial charge in [-0.3, -0.25) is 4.79 Å². The molecular weight excluding hydrogens is 256 g/mol. The molecule has 2 rings (SSSR count). The van der Waals surface area contributed by atoms with Crippen LogP contribution >= 0.6 is 0 Å². The fourth-order valence-electron chi connectivity index (χ4n) is 3.00. The van der Waals surface area contributed by atoms with Crippen LogP contribution in [0.3, 0.4) is 0 Å². The smallest absolute Gasteiger partial charge is 0.234 e. The van der Waals surface area contributed by atoms with Crippen LogP contribution in [0.4, 0.5) is 0 Å². The maximum Gasteiger partial charge on any atom is 0.234 e. The van der Waals surface area contributed by atoms with Gasteiger partial charge in [-0.15, -0.1) is 0 Å². The molecule has 1 aromatic heterocycles. The van der Waals surface area contributed by atoms with Gasteiger partial charge in [-0.2, -0.15) is 4.98 Å². The number of carbonyl (C=O) groups is 1. The molecular formula is C15H24N2O3. The molecule has 0 saturated heterocycles. The van der Waals surface area contributed by atoms with Gasteiger partial charge in [0.25, 0.3) is 0 Å². The minimum Gasteiger partial charge on any atom is -0.377 e. The van der Waals surface area contributed by atoms with Crippen molar-refractivity contribution in [3.8, 4) is 0 Å². The number of rotatable bonds is 7. The standard InChI is InChI=1S/C15H24N2O3/c1-3-4-11-5-7-12(8-6-11)15-16-14(20-17-15)9-13(18)10-19-2/h11-12H,3-10H2,1-2H3. The molecule has 1 saturated carbocycles. The number of ether oxygens (including phenoxy) is 1. The highest BCUT2D eigenvalue weighted by molar-refractivity contribution is 5.81. The first-order valence-corrected chi connectivity index (χ1v) is 7.56. The molecule has 0 spiro atoms. The van der Waals surface area contributed by atoms with Crippen LogP contribution in [0.1, 0.15) is 63.1 Å². The highest BCUT2D eigenvalue weighted by Gasteiger charge is 2.25. The van der Waals surface area contributed by atoms with E-state index in [1.54, 1.807) is 0 Å². The number of ketones is 1. The van der Waals surface area contributed by atoms with E-state index >= 15 is 0 Å². The Balaban J connectivity index is 1.85. The number of methoxy groups -OCH3 is 1. The third-order valence-electron chi connectivity index (χ3n) is 4.05. The fraction of sp³-hybridized carbons (Fsp3) is 0.800. The van der Waals surface area contributed by atoms with Crippen molar-refractivity contribution in [2.75, 3.05) is 13.7 Å². The highest BCUT2D eigenvalue weighted by atomic mass is 16.5. The lowest BCUT2D eigenvalue weighted by Gasteiger charge is -2.26. The normalized spacial score (nSPS) is 22.9. The predicted molar refractivity (Wildman–Crippen MR) is 74.5 cm³/mol. The quantitative estimate of drug-likeness (QED) is 0.768. The van der Waals surface area contributed by atoms with E-state index in [-0.39, 0.29) is 18.8 Å². The van der Waals surface area contributed by atoms with E-state index in [0.29, 0.717) is 11.8 Å². The van der Waals surface area contributed by atoms with Crippen molar-refractivity contribution in [3.63, 3.8) is 0 Å². The molecule has 1 fully saturated rings. The van der Waals surface area contributed by atoms with Crippen molar-refractivity contribution in [1.29, 1.82) is 0 Å². The molecule has 0 radical (unpaired) electrons. The van der Waals surface area contributed by atoms with E-state index < -0.39 is 0 Å². The van der Waals surface area contributed by atoms with Crippen LogP contribution in [0.2, 0.25) is 0 Å². The second kappa shape index (κ2) is 7.53. The van der Waals surface area contributed by atoms with Crippen LogP contribution in [-0.2, 0) is 16.0 Å². The molecule has 0 aliphatic heterocycles. The van der Waals surface area contributed by atoms with E-state index in [1.807, 2.05) is 0 Å². The molecule has 112 valence electrons. The van der Waals surface area contributed by atoms with Crippen LogP contribution < -0.4 is 0 Å². The van der Waals surface area contributed by atoms with Crippen molar-refractivity contribution >= 4 is 5.78 Å². The van der Waals surface area contributed by atoms with E-state index in [4.69, 9.17) is 9.26 Å². The largest absolute Gasteiger partial charge is 0.377 e. The second-order valence-electron chi connectivity index (χ2n) is 5.70. The highest BCUT2D eigenvalue weighted by Crippen LogP contribution is 2.36. The maximum absolute atomic E-state index is 11.5. The van der Waals surface area contributed by atoms with E-state index in [1.165, 1.54) is 32.8 Å². The first-order chi connectivity index (χ1) is 9.72. The Hall–Kier alpha value is -1.23. The molecule has 1 aromatic rings. The van der Waals surface area contributed by atoms with Crippen LogP contribution in [0.25, 0.3) is 0 Å². The molecule has 0 N–H and O–H groups in total. The number of hydrogen-bond acceptors (Lipinski definition) is 5. The molecule has 1 heterocycles. The zero-order valence-corrected chi connectivity index (χ0v) is 12.4. The predicted octanol–water partition coefficient (Wildman–Crippen LogP) is 2.90. The zero-order valence-electron chi connectivity index (χ0n) is 12.4. The summed E-state index contributed by atoms with van der Waals surface area (Å²) in [5, 5.41) is 4.04. The molecule has 20 heavy (non-hydrogen) atoms. The lowest BCUT2D eigenvalue weighted by Crippen LogP contribution is -2.14. The van der Waals surface area contributed by atoms with Gasteiger partial charge in [0.2, 0.25) is 5.89 Å². The van der Waals surface area contributed by atoms with Gasteiger partial charge in [-0.25, -0.2) is 0 Å². The summed E-state index contributed by atoms with van der Waals surface area (Å²) >= 11 is 0. The topological polar surface area (TPSA) is 65.2 Å². The Morgan fingerprint density at radius 1 is 1.35 bits per heavy atom.